The van der Waals surface area contributed by atoms with Gasteiger partial charge in [0.15, 0.2) is 0 Å². The van der Waals surface area contributed by atoms with Crippen LogP contribution in [0.25, 0.3) is 0 Å². The molecule has 0 radical (unpaired) electrons. The second-order valence-electron chi connectivity index (χ2n) is 8.09. The lowest BCUT2D eigenvalue weighted by Gasteiger charge is -2.34. The molecule has 7 heteroatoms. The van der Waals surface area contributed by atoms with E-state index in [4.69, 9.17) is 5.73 Å². The number of carbonyl (C=O) groups excluding carboxylic acids is 1. The van der Waals surface area contributed by atoms with Crippen LogP contribution in [0.15, 0.2) is 24.3 Å². The summed E-state index contributed by atoms with van der Waals surface area (Å²) in [6.45, 7) is 3.28. The summed E-state index contributed by atoms with van der Waals surface area (Å²) in [5, 5.41) is 0. The number of anilines is 1. The van der Waals surface area contributed by atoms with Crippen molar-refractivity contribution in [3.63, 3.8) is 0 Å². The van der Waals surface area contributed by atoms with E-state index in [1.54, 1.807) is 12.1 Å². The zero-order valence-corrected chi connectivity index (χ0v) is 16.3. The van der Waals surface area contributed by atoms with Crippen molar-refractivity contribution in [1.29, 1.82) is 0 Å². The summed E-state index contributed by atoms with van der Waals surface area (Å²) in [5.74, 6) is 0.836. The van der Waals surface area contributed by atoms with Crippen LogP contribution in [0.5, 0.6) is 0 Å². The van der Waals surface area contributed by atoms with E-state index >= 15 is 0 Å². The third-order valence-electron chi connectivity index (χ3n) is 6.07. The molecule has 1 aromatic carbocycles. The van der Waals surface area contributed by atoms with E-state index in [9.17, 15) is 18.0 Å². The first kappa shape index (κ1) is 21.0. The highest BCUT2D eigenvalue weighted by atomic mass is 19.4. The van der Waals surface area contributed by atoms with Gasteiger partial charge >= 0.3 is 6.18 Å². The van der Waals surface area contributed by atoms with Crippen LogP contribution in [-0.2, 0) is 11.0 Å². The van der Waals surface area contributed by atoms with Crippen molar-refractivity contribution < 1.29 is 18.0 Å². The molecule has 2 fully saturated rings. The fourth-order valence-corrected chi connectivity index (χ4v) is 4.19. The SMILES string of the molecule is NC1CCN(C(=O)CCCC2CCN(c3ccc(C(F)(F)F)cc3)CC2)CC1. The lowest BCUT2D eigenvalue weighted by Crippen LogP contribution is -2.42. The van der Waals surface area contributed by atoms with Crippen molar-refractivity contribution in [3.05, 3.63) is 29.8 Å². The van der Waals surface area contributed by atoms with E-state index in [1.807, 2.05) is 4.90 Å². The van der Waals surface area contributed by atoms with Gasteiger partial charge in [0.05, 0.1) is 5.56 Å². The number of piperidine rings is 2. The molecule has 0 bridgehead atoms. The van der Waals surface area contributed by atoms with Gasteiger partial charge in [0.2, 0.25) is 5.91 Å². The Balaban J connectivity index is 1.37. The molecule has 4 nitrogen and oxygen atoms in total. The van der Waals surface area contributed by atoms with Gasteiger partial charge in [-0.25, -0.2) is 0 Å². The van der Waals surface area contributed by atoms with Crippen molar-refractivity contribution in [2.75, 3.05) is 31.1 Å². The minimum absolute atomic E-state index is 0.235. The molecule has 2 saturated heterocycles. The largest absolute Gasteiger partial charge is 0.416 e. The van der Waals surface area contributed by atoms with Crippen LogP contribution in [0.4, 0.5) is 18.9 Å². The highest BCUT2D eigenvalue weighted by molar-refractivity contribution is 5.76. The molecule has 2 aliphatic heterocycles. The maximum atomic E-state index is 12.7. The van der Waals surface area contributed by atoms with Crippen molar-refractivity contribution in [1.82, 2.24) is 4.90 Å². The van der Waals surface area contributed by atoms with E-state index in [-0.39, 0.29) is 11.9 Å². The van der Waals surface area contributed by atoms with Gasteiger partial charge in [-0.05, 0) is 68.7 Å². The molecule has 2 heterocycles. The number of alkyl halides is 3. The predicted molar refractivity (Wildman–Crippen MR) is 104 cm³/mol. The molecule has 2 N–H and O–H groups in total. The molecule has 1 aromatic rings. The lowest BCUT2D eigenvalue weighted by molar-refractivity contribution is -0.137. The highest BCUT2D eigenvalue weighted by Gasteiger charge is 2.30. The molecule has 0 saturated carbocycles. The van der Waals surface area contributed by atoms with Crippen LogP contribution in [0, 0.1) is 5.92 Å². The van der Waals surface area contributed by atoms with Crippen LogP contribution in [0.3, 0.4) is 0 Å². The normalized spacial score (nSPS) is 19.9. The van der Waals surface area contributed by atoms with Gasteiger partial charge in [-0.15, -0.1) is 0 Å². The van der Waals surface area contributed by atoms with Crippen LogP contribution in [0.1, 0.15) is 50.5 Å². The molecule has 0 aliphatic carbocycles. The zero-order chi connectivity index (χ0) is 20.1. The van der Waals surface area contributed by atoms with E-state index in [0.717, 1.165) is 82.5 Å². The molecule has 156 valence electrons. The standard InChI is InChI=1S/C21H30F3N3O/c22-21(23,24)17-4-6-19(7-5-17)26-12-8-16(9-13-26)2-1-3-20(28)27-14-10-18(25)11-15-27/h4-7,16,18H,1-3,8-15,25H2. The number of benzene rings is 1. The fourth-order valence-electron chi connectivity index (χ4n) is 4.19. The summed E-state index contributed by atoms with van der Waals surface area (Å²) in [4.78, 5) is 16.4. The molecule has 3 rings (SSSR count). The minimum atomic E-state index is -4.29. The topological polar surface area (TPSA) is 49.6 Å². The number of rotatable bonds is 5. The molecule has 1 amide bonds. The average Bonchev–Trinajstić information content (AvgIpc) is 2.68. The summed E-state index contributed by atoms with van der Waals surface area (Å²) >= 11 is 0. The van der Waals surface area contributed by atoms with Gasteiger partial charge in [0.25, 0.3) is 0 Å². The Kier molecular flexibility index (Phi) is 6.86. The smallest absolute Gasteiger partial charge is 0.372 e. The van der Waals surface area contributed by atoms with Crippen molar-refractivity contribution in [2.45, 2.75) is 57.2 Å². The van der Waals surface area contributed by atoms with E-state index in [2.05, 4.69) is 4.90 Å². The summed E-state index contributed by atoms with van der Waals surface area (Å²) in [6, 6.07) is 5.67. The quantitative estimate of drug-likeness (QED) is 0.816. The minimum Gasteiger partial charge on any atom is -0.372 e. The third kappa shape index (κ3) is 5.63. The number of amides is 1. The number of nitrogens with zero attached hydrogens (tertiary/aromatic N) is 2. The fraction of sp³-hybridized carbons (Fsp3) is 0.667. The third-order valence-corrected chi connectivity index (χ3v) is 6.07. The second-order valence-corrected chi connectivity index (χ2v) is 8.09. The molecule has 0 atom stereocenters. The highest BCUT2D eigenvalue weighted by Crippen LogP contribution is 2.32. The number of hydrogen-bond acceptors (Lipinski definition) is 3. The van der Waals surface area contributed by atoms with Gasteiger partial charge in [-0.1, -0.05) is 0 Å². The van der Waals surface area contributed by atoms with Crippen molar-refractivity contribution >= 4 is 11.6 Å². The van der Waals surface area contributed by atoms with Gasteiger partial charge in [0, 0.05) is 44.3 Å². The number of carbonyl (C=O) groups is 1. The summed E-state index contributed by atoms with van der Waals surface area (Å²) in [6.07, 6.45) is 2.10. The second kappa shape index (κ2) is 9.16. The Labute approximate surface area is 164 Å². The molecule has 0 unspecified atom stereocenters. The Hall–Kier alpha value is -1.76. The van der Waals surface area contributed by atoms with E-state index in [0.29, 0.717) is 12.3 Å². The maximum absolute atomic E-state index is 12.7. The number of nitrogens with two attached hydrogens (primary N) is 1. The average molecular weight is 397 g/mol. The number of halogens is 3. The summed E-state index contributed by atoms with van der Waals surface area (Å²) in [5.41, 5.74) is 6.13. The van der Waals surface area contributed by atoms with E-state index in [1.165, 1.54) is 0 Å². The first-order valence-electron chi connectivity index (χ1n) is 10.3. The zero-order valence-electron chi connectivity index (χ0n) is 16.3. The van der Waals surface area contributed by atoms with Gasteiger partial charge in [-0.3, -0.25) is 4.79 Å². The van der Waals surface area contributed by atoms with Crippen LogP contribution in [0.2, 0.25) is 0 Å². The first-order chi connectivity index (χ1) is 13.3. The lowest BCUT2D eigenvalue weighted by atomic mass is 9.91. The Morgan fingerprint density at radius 2 is 1.61 bits per heavy atom. The molecular formula is C21H30F3N3O. The predicted octanol–water partition coefficient (Wildman–Crippen LogP) is 4.04. The number of likely N-dealkylation sites (tertiary alicyclic amines) is 1. The first-order valence-corrected chi connectivity index (χ1v) is 10.3. The molecule has 0 aromatic heterocycles. The Bertz CT molecular complexity index is 631. The van der Waals surface area contributed by atoms with Crippen molar-refractivity contribution in [2.24, 2.45) is 11.7 Å². The number of hydrogen-bond donors (Lipinski definition) is 1. The monoisotopic (exact) mass is 397 g/mol. The van der Waals surface area contributed by atoms with Crippen molar-refractivity contribution in [3.8, 4) is 0 Å². The maximum Gasteiger partial charge on any atom is 0.416 e. The van der Waals surface area contributed by atoms with Gasteiger partial charge in [0.1, 0.15) is 0 Å². The Morgan fingerprint density at radius 3 is 2.18 bits per heavy atom. The molecule has 0 spiro atoms. The van der Waals surface area contributed by atoms with E-state index < -0.39 is 11.7 Å². The van der Waals surface area contributed by atoms with Gasteiger partial charge < -0.3 is 15.5 Å². The molecular weight excluding hydrogens is 367 g/mol. The summed E-state index contributed by atoms with van der Waals surface area (Å²) < 4.78 is 38.0. The Morgan fingerprint density at radius 1 is 1.00 bits per heavy atom. The van der Waals surface area contributed by atoms with Crippen LogP contribution in [-0.4, -0.2) is 43.0 Å². The summed E-state index contributed by atoms with van der Waals surface area (Å²) in [7, 11) is 0. The van der Waals surface area contributed by atoms with Gasteiger partial charge in [-0.2, -0.15) is 13.2 Å². The van der Waals surface area contributed by atoms with Crippen LogP contribution < -0.4 is 10.6 Å². The molecule has 2 aliphatic rings. The molecule has 28 heavy (non-hydrogen) atoms. The van der Waals surface area contributed by atoms with Crippen LogP contribution >= 0.6 is 0 Å².